The zero-order chi connectivity index (χ0) is 14.5. The van der Waals surface area contributed by atoms with Gasteiger partial charge in [0.1, 0.15) is 5.75 Å². The number of Topliss-reactive ketones (excluding diaryl/α,β-unsaturated/α-hetero) is 1. The van der Waals surface area contributed by atoms with Crippen LogP contribution in [0.2, 0.25) is 0 Å². The minimum Gasteiger partial charge on any atom is -0.497 e. The van der Waals surface area contributed by atoms with E-state index in [-0.39, 0.29) is 5.78 Å². The molecule has 2 aromatic carbocycles. The minimum absolute atomic E-state index is 0.176. The summed E-state index contributed by atoms with van der Waals surface area (Å²) in [6.07, 6.45) is 1.33. The average molecular weight is 268 g/mol. The Balaban J connectivity index is 2.04. The molecule has 0 spiro atoms. The predicted octanol–water partition coefficient (Wildman–Crippen LogP) is 4.13. The normalized spacial score (nSPS) is 10.3. The summed E-state index contributed by atoms with van der Waals surface area (Å²) in [5.41, 5.74) is 4.55. The largest absolute Gasteiger partial charge is 0.497 e. The van der Waals surface area contributed by atoms with Crippen molar-refractivity contribution in [3.8, 4) is 5.75 Å². The van der Waals surface area contributed by atoms with Gasteiger partial charge in [-0.05, 0) is 61.2 Å². The van der Waals surface area contributed by atoms with Crippen molar-refractivity contribution in [1.82, 2.24) is 0 Å². The van der Waals surface area contributed by atoms with Gasteiger partial charge in [0, 0.05) is 12.0 Å². The van der Waals surface area contributed by atoms with Crippen molar-refractivity contribution >= 4 is 5.78 Å². The summed E-state index contributed by atoms with van der Waals surface area (Å²) in [7, 11) is 1.62. The van der Waals surface area contributed by atoms with Crippen LogP contribution >= 0.6 is 0 Å². The number of hydrogen-bond acceptors (Lipinski definition) is 2. The first-order chi connectivity index (χ1) is 9.61. The lowest BCUT2D eigenvalue weighted by atomic mass is 9.96. The zero-order valence-corrected chi connectivity index (χ0v) is 12.3. The lowest BCUT2D eigenvalue weighted by molar-refractivity contribution is 0.0983. The molecule has 20 heavy (non-hydrogen) atoms. The molecule has 0 N–H and O–H groups in total. The first-order valence-corrected chi connectivity index (χ1v) is 6.84. The fraction of sp³-hybridized carbons (Fsp3) is 0.278. The Kier molecular flexibility index (Phi) is 4.57. The SMILES string of the molecule is COc1ccc(C(=O)CCc2c(C)cccc2C)cc1. The van der Waals surface area contributed by atoms with Crippen LogP contribution in [0.5, 0.6) is 5.75 Å². The molecule has 0 aliphatic carbocycles. The number of carbonyl (C=O) groups excluding carboxylic acids is 1. The van der Waals surface area contributed by atoms with Gasteiger partial charge in [0.25, 0.3) is 0 Å². The molecule has 0 saturated carbocycles. The fourth-order valence-electron chi connectivity index (χ4n) is 2.40. The maximum Gasteiger partial charge on any atom is 0.163 e. The third-order valence-electron chi connectivity index (χ3n) is 3.66. The van der Waals surface area contributed by atoms with Crippen LogP contribution in [0.25, 0.3) is 0 Å². The van der Waals surface area contributed by atoms with Crippen molar-refractivity contribution in [2.45, 2.75) is 26.7 Å². The molecule has 0 radical (unpaired) electrons. The number of ketones is 1. The molecule has 2 rings (SSSR count). The molecule has 0 atom stereocenters. The highest BCUT2D eigenvalue weighted by Crippen LogP contribution is 2.18. The van der Waals surface area contributed by atoms with E-state index >= 15 is 0 Å². The Morgan fingerprint density at radius 3 is 2.15 bits per heavy atom. The molecule has 104 valence electrons. The van der Waals surface area contributed by atoms with Gasteiger partial charge in [-0.1, -0.05) is 18.2 Å². The molecular formula is C18H20O2. The lowest BCUT2D eigenvalue weighted by Gasteiger charge is -2.09. The van der Waals surface area contributed by atoms with Gasteiger partial charge in [0.15, 0.2) is 5.78 Å². The molecule has 0 fully saturated rings. The molecule has 0 aliphatic rings. The molecule has 0 aromatic heterocycles. The molecule has 2 heteroatoms. The number of benzene rings is 2. The monoisotopic (exact) mass is 268 g/mol. The van der Waals surface area contributed by atoms with Crippen LogP contribution < -0.4 is 4.74 Å². The van der Waals surface area contributed by atoms with Gasteiger partial charge in [-0.3, -0.25) is 4.79 Å². The van der Waals surface area contributed by atoms with Crippen molar-refractivity contribution in [1.29, 1.82) is 0 Å². The highest BCUT2D eigenvalue weighted by molar-refractivity contribution is 5.96. The Morgan fingerprint density at radius 2 is 1.60 bits per heavy atom. The Bertz CT molecular complexity index is 577. The summed E-state index contributed by atoms with van der Waals surface area (Å²) in [6, 6.07) is 13.6. The zero-order valence-electron chi connectivity index (χ0n) is 12.3. The van der Waals surface area contributed by atoms with Crippen LogP contribution in [0.1, 0.15) is 33.5 Å². The van der Waals surface area contributed by atoms with Crippen molar-refractivity contribution in [3.05, 3.63) is 64.7 Å². The molecule has 0 heterocycles. The van der Waals surface area contributed by atoms with Gasteiger partial charge in [-0.25, -0.2) is 0 Å². The summed E-state index contributed by atoms with van der Waals surface area (Å²) >= 11 is 0. The summed E-state index contributed by atoms with van der Waals surface area (Å²) in [5, 5.41) is 0. The second-order valence-corrected chi connectivity index (χ2v) is 5.02. The van der Waals surface area contributed by atoms with Crippen molar-refractivity contribution < 1.29 is 9.53 Å². The van der Waals surface area contributed by atoms with E-state index in [0.717, 1.165) is 17.7 Å². The number of rotatable bonds is 5. The standard InChI is InChI=1S/C18H20O2/c1-13-5-4-6-14(2)17(13)11-12-18(19)15-7-9-16(20-3)10-8-15/h4-10H,11-12H2,1-3H3. The highest BCUT2D eigenvalue weighted by Gasteiger charge is 2.09. The van der Waals surface area contributed by atoms with Gasteiger partial charge < -0.3 is 4.74 Å². The fourth-order valence-corrected chi connectivity index (χ4v) is 2.40. The second-order valence-electron chi connectivity index (χ2n) is 5.02. The van der Waals surface area contributed by atoms with Gasteiger partial charge >= 0.3 is 0 Å². The number of ether oxygens (including phenoxy) is 1. The Hall–Kier alpha value is -2.09. The van der Waals surface area contributed by atoms with E-state index in [2.05, 4.69) is 32.0 Å². The van der Waals surface area contributed by atoms with Crippen LogP contribution in [0.3, 0.4) is 0 Å². The maximum atomic E-state index is 12.2. The molecule has 0 amide bonds. The smallest absolute Gasteiger partial charge is 0.163 e. The molecule has 0 saturated heterocycles. The third-order valence-corrected chi connectivity index (χ3v) is 3.66. The van der Waals surface area contributed by atoms with E-state index < -0.39 is 0 Å². The minimum atomic E-state index is 0.176. The summed E-state index contributed by atoms with van der Waals surface area (Å²) in [4.78, 5) is 12.2. The van der Waals surface area contributed by atoms with Crippen LogP contribution in [0.15, 0.2) is 42.5 Å². The summed E-state index contributed by atoms with van der Waals surface area (Å²) in [6.45, 7) is 4.19. The molecule has 0 unspecified atom stereocenters. The predicted molar refractivity (Wildman–Crippen MR) is 81.6 cm³/mol. The average Bonchev–Trinajstić information content (AvgIpc) is 2.46. The molecule has 0 aliphatic heterocycles. The number of carbonyl (C=O) groups is 1. The number of aryl methyl sites for hydroxylation is 2. The van der Waals surface area contributed by atoms with E-state index in [9.17, 15) is 4.79 Å². The molecule has 2 aromatic rings. The summed E-state index contributed by atoms with van der Waals surface area (Å²) in [5.74, 6) is 0.951. The van der Waals surface area contributed by atoms with Gasteiger partial charge in [0.05, 0.1) is 7.11 Å². The van der Waals surface area contributed by atoms with Gasteiger partial charge in [-0.2, -0.15) is 0 Å². The molecule has 2 nitrogen and oxygen atoms in total. The molecule has 0 bridgehead atoms. The quantitative estimate of drug-likeness (QED) is 0.762. The maximum absolute atomic E-state index is 12.2. The van der Waals surface area contributed by atoms with Crippen LogP contribution in [0.4, 0.5) is 0 Å². The number of methoxy groups -OCH3 is 1. The van der Waals surface area contributed by atoms with E-state index in [1.165, 1.54) is 16.7 Å². The van der Waals surface area contributed by atoms with Gasteiger partial charge in [-0.15, -0.1) is 0 Å². The van der Waals surface area contributed by atoms with Crippen molar-refractivity contribution in [2.24, 2.45) is 0 Å². The van der Waals surface area contributed by atoms with Crippen LogP contribution in [0, 0.1) is 13.8 Å². The van der Waals surface area contributed by atoms with E-state index in [4.69, 9.17) is 4.74 Å². The first kappa shape index (κ1) is 14.3. The highest BCUT2D eigenvalue weighted by atomic mass is 16.5. The first-order valence-electron chi connectivity index (χ1n) is 6.84. The summed E-state index contributed by atoms with van der Waals surface area (Å²) < 4.78 is 5.10. The van der Waals surface area contributed by atoms with Crippen molar-refractivity contribution in [3.63, 3.8) is 0 Å². The van der Waals surface area contributed by atoms with Gasteiger partial charge in [0.2, 0.25) is 0 Å². The third kappa shape index (κ3) is 3.27. The topological polar surface area (TPSA) is 26.3 Å². The van der Waals surface area contributed by atoms with Crippen LogP contribution in [-0.2, 0) is 6.42 Å². The molecular weight excluding hydrogens is 248 g/mol. The second kappa shape index (κ2) is 6.38. The Labute approximate surface area is 120 Å². The number of hydrogen-bond donors (Lipinski definition) is 0. The van der Waals surface area contributed by atoms with Crippen LogP contribution in [-0.4, -0.2) is 12.9 Å². The van der Waals surface area contributed by atoms with E-state index in [1.54, 1.807) is 7.11 Å². The van der Waals surface area contributed by atoms with E-state index in [0.29, 0.717) is 6.42 Å². The Morgan fingerprint density at radius 1 is 1.00 bits per heavy atom. The van der Waals surface area contributed by atoms with E-state index in [1.807, 2.05) is 24.3 Å². The lowest BCUT2D eigenvalue weighted by Crippen LogP contribution is -2.03. The van der Waals surface area contributed by atoms with Crippen molar-refractivity contribution in [2.75, 3.05) is 7.11 Å².